The molecule has 0 heterocycles. The number of nitrogen functional groups attached to an aromatic ring is 1. The number of benzene rings is 3. The molecule has 0 amide bonds. The molecule has 0 aliphatic heterocycles. The van der Waals surface area contributed by atoms with Crippen molar-refractivity contribution in [3.8, 4) is 0 Å². The van der Waals surface area contributed by atoms with Crippen LogP contribution in [0, 0.1) is 6.92 Å². The van der Waals surface area contributed by atoms with E-state index in [4.69, 9.17) is 5.73 Å². The normalized spacial score (nSPS) is 11.1. The first-order valence-corrected chi connectivity index (χ1v) is 5.43. The second-order valence-corrected chi connectivity index (χ2v) is 4.26. The van der Waals surface area contributed by atoms with E-state index in [1.54, 1.807) is 0 Å². The molecule has 0 aliphatic rings. The number of aryl methyl sites for hydroxylation is 1. The fraction of sp³-hybridized carbons (Fsp3) is 0.0667. The van der Waals surface area contributed by atoms with Gasteiger partial charge in [0.05, 0.1) is 0 Å². The van der Waals surface area contributed by atoms with Gasteiger partial charge in [-0.25, -0.2) is 0 Å². The van der Waals surface area contributed by atoms with Gasteiger partial charge in [0.1, 0.15) is 0 Å². The van der Waals surface area contributed by atoms with E-state index in [2.05, 4.69) is 43.3 Å². The summed E-state index contributed by atoms with van der Waals surface area (Å²) in [5, 5.41) is 5.05. The van der Waals surface area contributed by atoms with Gasteiger partial charge in [0.2, 0.25) is 0 Å². The Hall–Kier alpha value is -2.02. The zero-order valence-electron chi connectivity index (χ0n) is 9.20. The van der Waals surface area contributed by atoms with Gasteiger partial charge in [0.15, 0.2) is 0 Å². The molecule has 16 heavy (non-hydrogen) atoms. The molecule has 0 saturated carbocycles. The van der Waals surface area contributed by atoms with Crippen LogP contribution in [0.1, 0.15) is 5.56 Å². The minimum absolute atomic E-state index is 0.834. The smallest absolute Gasteiger partial charge is 0.0323 e. The van der Waals surface area contributed by atoms with Gasteiger partial charge in [-0.1, -0.05) is 24.3 Å². The molecule has 0 aromatic heterocycles. The predicted molar refractivity (Wildman–Crippen MR) is 70.6 cm³/mol. The van der Waals surface area contributed by atoms with E-state index in [0.29, 0.717) is 0 Å². The Balaban J connectivity index is 2.51. The van der Waals surface area contributed by atoms with E-state index in [1.807, 2.05) is 12.1 Å². The van der Waals surface area contributed by atoms with Crippen molar-refractivity contribution in [2.45, 2.75) is 6.92 Å². The van der Waals surface area contributed by atoms with E-state index in [9.17, 15) is 0 Å². The third kappa shape index (κ3) is 1.33. The molecule has 3 aromatic carbocycles. The largest absolute Gasteiger partial charge is 0.399 e. The molecule has 0 aliphatic carbocycles. The quantitative estimate of drug-likeness (QED) is 0.439. The van der Waals surface area contributed by atoms with Gasteiger partial charge < -0.3 is 5.73 Å². The SMILES string of the molecule is Cc1cc(N)cc2cc3ccccc3cc12. The van der Waals surface area contributed by atoms with Crippen molar-refractivity contribution in [2.24, 2.45) is 0 Å². The number of nitrogens with two attached hydrogens (primary N) is 1. The molecule has 0 atom stereocenters. The molecule has 0 bridgehead atoms. The molecule has 0 unspecified atom stereocenters. The van der Waals surface area contributed by atoms with Gasteiger partial charge in [-0.2, -0.15) is 0 Å². The van der Waals surface area contributed by atoms with Crippen LogP contribution in [0.15, 0.2) is 48.5 Å². The lowest BCUT2D eigenvalue weighted by molar-refractivity contribution is 1.54. The second-order valence-electron chi connectivity index (χ2n) is 4.26. The van der Waals surface area contributed by atoms with Crippen LogP contribution in [0.3, 0.4) is 0 Å². The van der Waals surface area contributed by atoms with Crippen LogP contribution >= 0.6 is 0 Å². The Kier molecular flexibility index (Phi) is 1.87. The summed E-state index contributed by atoms with van der Waals surface area (Å²) in [5.41, 5.74) is 7.94. The monoisotopic (exact) mass is 207 g/mol. The molecular formula is C15H13N. The zero-order valence-corrected chi connectivity index (χ0v) is 9.20. The number of anilines is 1. The Labute approximate surface area is 94.5 Å². The molecule has 3 rings (SSSR count). The highest BCUT2D eigenvalue weighted by Gasteiger charge is 2.01. The van der Waals surface area contributed by atoms with Crippen LogP contribution in [0.25, 0.3) is 21.5 Å². The average molecular weight is 207 g/mol. The molecule has 2 N–H and O–H groups in total. The van der Waals surface area contributed by atoms with Crippen LogP contribution in [0.2, 0.25) is 0 Å². The Morgan fingerprint density at radius 1 is 0.812 bits per heavy atom. The maximum absolute atomic E-state index is 5.87. The van der Waals surface area contributed by atoms with Gasteiger partial charge in [0.25, 0.3) is 0 Å². The van der Waals surface area contributed by atoms with Crippen molar-refractivity contribution >= 4 is 27.2 Å². The fourth-order valence-corrected chi connectivity index (χ4v) is 2.27. The highest BCUT2D eigenvalue weighted by atomic mass is 14.5. The lowest BCUT2D eigenvalue weighted by atomic mass is 10.00. The highest BCUT2D eigenvalue weighted by Crippen LogP contribution is 2.27. The standard InChI is InChI=1S/C15H13N/c1-10-6-14(16)8-13-7-11-4-2-3-5-12(11)9-15(10)13/h2-9H,16H2,1H3. The maximum Gasteiger partial charge on any atom is 0.0323 e. The number of hydrogen-bond acceptors (Lipinski definition) is 1. The minimum Gasteiger partial charge on any atom is -0.399 e. The molecule has 1 nitrogen and oxygen atoms in total. The fourth-order valence-electron chi connectivity index (χ4n) is 2.27. The summed E-state index contributed by atoms with van der Waals surface area (Å²) in [7, 11) is 0. The summed E-state index contributed by atoms with van der Waals surface area (Å²) in [6.45, 7) is 2.10. The van der Waals surface area contributed by atoms with E-state index in [-0.39, 0.29) is 0 Å². The third-order valence-electron chi connectivity index (χ3n) is 3.05. The van der Waals surface area contributed by atoms with Crippen LogP contribution < -0.4 is 5.73 Å². The van der Waals surface area contributed by atoms with Crippen LogP contribution in [-0.2, 0) is 0 Å². The summed E-state index contributed by atoms with van der Waals surface area (Å²) >= 11 is 0. The molecule has 78 valence electrons. The van der Waals surface area contributed by atoms with E-state index in [0.717, 1.165) is 5.69 Å². The molecule has 1 heteroatoms. The maximum atomic E-state index is 5.87. The lowest BCUT2D eigenvalue weighted by Gasteiger charge is -2.06. The Bertz CT molecular complexity index is 683. The van der Waals surface area contributed by atoms with Crippen molar-refractivity contribution in [1.29, 1.82) is 0 Å². The first-order valence-electron chi connectivity index (χ1n) is 5.43. The molecule has 0 spiro atoms. The van der Waals surface area contributed by atoms with Crippen molar-refractivity contribution in [3.05, 3.63) is 54.1 Å². The lowest BCUT2D eigenvalue weighted by Crippen LogP contribution is -1.87. The third-order valence-corrected chi connectivity index (χ3v) is 3.05. The first-order chi connectivity index (χ1) is 7.74. The van der Waals surface area contributed by atoms with Crippen LogP contribution in [0.4, 0.5) is 5.69 Å². The first kappa shape index (κ1) is 9.22. The summed E-state index contributed by atoms with van der Waals surface area (Å²) in [6.07, 6.45) is 0. The molecule has 0 saturated heterocycles. The minimum atomic E-state index is 0.834. The molecule has 0 fully saturated rings. The van der Waals surface area contributed by atoms with Crippen molar-refractivity contribution in [1.82, 2.24) is 0 Å². The molecular weight excluding hydrogens is 194 g/mol. The number of fused-ring (bicyclic) bond motifs is 2. The van der Waals surface area contributed by atoms with Crippen molar-refractivity contribution < 1.29 is 0 Å². The summed E-state index contributed by atoms with van der Waals surface area (Å²) < 4.78 is 0. The van der Waals surface area contributed by atoms with Gasteiger partial charge in [-0.3, -0.25) is 0 Å². The predicted octanol–water partition coefficient (Wildman–Crippen LogP) is 3.88. The molecule has 3 aromatic rings. The number of rotatable bonds is 0. The average Bonchev–Trinajstić information content (AvgIpc) is 2.27. The van der Waals surface area contributed by atoms with Crippen molar-refractivity contribution in [3.63, 3.8) is 0 Å². The van der Waals surface area contributed by atoms with E-state index >= 15 is 0 Å². The summed E-state index contributed by atoms with van der Waals surface area (Å²) in [5.74, 6) is 0. The van der Waals surface area contributed by atoms with Crippen molar-refractivity contribution in [2.75, 3.05) is 5.73 Å². The summed E-state index contributed by atoms with van der Waals surface area (Å²) in [6, 6.07) is 16.9. The van der Waals surface area contributed by atoms with Gasteiger partial charge in [0, 0.05) is 5.69 Å². The van der Waals surface area contributed by atoms with Crippen LogP contribution in [-0.4, -0.2) is 0 Å². The Morgan fingerprint density at radius 3 is 2.25 bits per heavy atom. The topological polar surface area (TPSA) is 26.0 Å². The van der Waals surface area contributed by atoms with Gasteiger partial charge >= 0.3 is 0 Å². The van der Waals surface area contributed by atoms with Gasteiger partial charge in [-0.15, -0.1) is 0 Å². The number of hydrogen-bond donors (Lipinski definition) is 1. The Morgan fingerprint density at radius 2 is 1.50 bits per heavy atom. The van der Waals surface area contributed by atoms with E-state index < -0.39 is 0 Å². The summed E-state index contributed by atoms with van der Waals surface area (Å²) in [4.78, 5) is 0. The highest BCUT2D eigenvalue weighted by molar-refractivity contribution is 6.00. The van der Waals surface area contributed by atoms with E-state index in [1.165, 1.54) is 27.1 Å². The second kappa shape index (κ2) is 3.24. The molecule has 0 radical (unpaired) electrons. The zero-order chi connectivity index (χ0) is 11.1. The van der Waals surface area contributed by atoms with Crippen LogP contribution in [0.5, 0.6) is 0 Å². The van der Waals surface area contributed by atoms with Gasteiger partial charge in [-0.05, 0) is 58.3 Å².